The molecule has 2 nitrogen and oxygen atoms in total. The lowest BCUT2D eigenvalue weighted by molar-refractivity contribution is -0.355. The van der Waals surface area contributed by atoms with Gasteiger partial charge in [0, 0.05) is 0 Å². The molecule has 0 spiro atoms. The van der Waals surface area contributed by atoms with Gasteiger partial charge in [0.15, 0.2) is 0 Å². The number of halogens is 2. The molecule has 1 fully saturated rings. The summed E-state index contributed by atoms with van der Waals surface area (Å²) in [5, 5.41) is 0. The normalized spacial score (nSPS) is 32.6. The monoisotopic (exact) mass is 208 g/mol. The zero-order chi connectivity index (χ0) is 11.1. The van der Waals surface area contributed by atoms with Gasteiger partial charge in [0.25, 0.3) is 0 Å². The van der Waals surface area contributed by atoms with Gasteiger partial charge in [0.1, 0.15) is 0 Å². The summed E-state index contributed by atoms with van der Waals surface area (Å²) in [4.78, 5) is 0. The van der Waals surface area contributed by atoms with Crippen molar-refractivity contribution < 1.29 is 18.3 Å². The van der Waals surface area contributed by atoms with Crippen molar-refractivity contribution in [2.75, 3.05) is 0 Å². The number of alkyl halides is 2. The summed E-state index contributed by atoms with van der Waals surface area (Å²) in [5.41, 5.74) is -0.338. The van der Waals surface area contributed by atoms with Gasteiger partial charge in [-0.05, 0) is 11.3 Å². The fraction of sp³-hybridized carbons (Fsp3) is 1.00. The predicted octanol–water partition coefficient (Wildman–Crippen LogP) is 3.02. The molecule has 1 aliphatic rings. The molecule has 0 aromatic carbocycles. The fourth-order valence-electron chi connectivity index (χ4n) is 1.62. The minimum atomic E-state index is -3.42. The van der Waals surface area contributed by atoms with Crippen LogP contribution in [0.5, 0.6) is 0 Å². The minimum absolute atomic E-state index is 0.0209. The largest absolute Gasteiger partial charge is 0.486 e. The first-order valence-corrected chi connectivity index (χ1v) is 4.87. The first-order chi connectivity index (χ1) is 6.13. The summed E-state index contributed by atoms with van der Waals surface area (Å²) in [7, 11) is 0. The van der Waals surface area contributed by atoms with Crippen molar-refractivity contribution in [2.45, 2.75) is 53.1 Å². The molecule has 2 unspecified atom stereocenters. The molecule has 0 aromatic heterocycles. The average molecular weight is 208 g/mol. The Labute approximate surface area is 83.6 Å². The van der Waals surface area contributed by atoms with Gasteiger partial charge in [-0.1, -0.05) is 34.6 Å². The van der Waals surface area contributed by atoms with E-state index in [4.69, 9.17) is 0 Å². The number of rotatable bonds is 1. The van der Waals surface area contributed by atoms with Gasteiger partial charge in [-0.15, -0.1) is 8.78 Å². The maximum absolute atomic E-state index is 12.9. The smallest absolute Gasteiger partial charge is 0.289 e. The lowest BCUT2D eigenvalue weighted by Gasteiger charge is -2.30. The summed E-state index contributed by atoms with van der Waals surface area (Å²) < 4.78 is 35.0. The van der Waals surface area contributed by atoms with E-state index in [9.17, 15) is 8.78 Å². The number of hydrogen-bond donors (Lipinski definition) is 0. The van der Waals surface area contributed by atoms with Crippen LogP contribution in [0.3, 0.4) is 0 Å². The fourth-order valence-corrected chi connectivity index (χ4v) is 1.62. The van der Waals surface area contributed by atoms with E-state index in [1.807, 2.05) is 34.6 Å². The summed E-state index contributed by atoms with van der Waals surface area (Å²) in [5.74, 6) is 0.0209. The topological polar surface area (TPSA) is 18.5 Å². The molecular formula is C10H18F2O2. The highest BCUT2D eigenvalue weighted by Gasteiger charge is 2.54. The van der Waals surface area contributed by atoms with Crippen molar-refractivity contribution in [1.82, 2.24) is 0 Å². The average Bonchev–Trinajstić information content (AvgIpc) is 2.24. The highest BCUT2D eigenvalue weighted by atomic mass is 19.3. The summed E-state index contributed by atoms with van der Waals surface area (Å²) in [6.07, 6.45) is -4.52. The Hall–Kier alpha value is -0.220. The molecule has 0 saturated carbocycles. The van der Waals surface area contributed by atoms with Crippen LogP contribution in [0, 0.1) is 11.3 Å². The second-order valence-corrected chi connectivity index (χ2v) is 5.19. The molecule has 14 heavy (non-hydrogen) atoms. The molecule has 0 radical (unpaired) electrons. The van der Waals surface area contributed by atoms with E-state index in [1.54, 1.807) is 0 Å². The summed E-state index contributed by atoms with van der Waals surface area (Å²) >= 11 is 0. The SMILES string of the molecule is CC(C)C1OC(F)(F)OC1C(C)(C)C. The van der Waals surface area contributed by atoms with Gasteiger partial charge in [0.05, 0.1) is 12.2 Å². The van der Waals surface area contributed by atoms with Crippen LogP contribution < -0.4 is 0 Å². The molecular weight excluding hydrogens is 190 g/mol. The molecule has 0 aromatic rings. The third-order valence-electron chi connectivity index (χ3n) is 2.35. The van der Waals surface area contributed by atoms with E-state index in [2.05, 4.69) is 9.47 Å². The Bertz CT molecular complexity index is 209. The van der Waals surface area contributed by atoms with Gasteiger partial charge in [-0.25, -0.2) is 0 Å². The van der Waals surface area contributed by atoms with Gasteiger partial charge in [-0.2, -0.15) is 0 Å². The van der Waals surface area contributed by atoms with Gasteiger partial charge >= 0.3 is 6.29 Å². The first kappa shape index (κ1) is 11.9. The molecule has 1 aliphatic heterocycles. The van der Waals surface area contributed by atoms with E-state index in [1.165, 1.54) is 0 Å². The minimum Gasteiger partial charge on any atom is -0.289 e. The van der Waals surface area contributed by atoms with Crippen LogP contribution in [0.4, 0.5) is 8.78 Å². The first-order valence-electron chi connectivity index (χ1n) is 4.87. The van der Waals surface area contributed by atoms with E-state index in [0.29, 0.717) is 0 Å². The highest BCUT2D eigenvalue weighted by Crippen LogP contribution is 2.42. The van der Waals surface area contributed by atoms with Crippen LogP contribution in [0.2, 0.25) is 0 Å². The molecule has 1 saturated heterocycles. The van der Waals surface area contributed by atoms with Crippen LogP contribution in [-0.2, 0) is 9.47 Å². The molecule has 0 aliphatic carbocycles. The molecule has 0 N–H and O–H groups in total. The second kappa shape index (κ2) is 3.42. The van der Waals surface area contributed by atoms with Crippen molar-refractivity contribution in [3.63, 3.8) is 0 Å². The lowest BCUT2D eigenvalue weighted by Crippen LogP contribution is -2.38. The third-order valence-corrected chi connectivity index (χ3v) is 2.35. The van der Waals surface area contributed by atoms with Crippen LogP contribution in [0.15, 0.2) is 0 Å². The van der Waals surface area contributed by atoms with Crippen molar-refractivity contribution in [1.29, 1.82) is 0 Å². The molecule has 4 heteroatoms. The third kappa shape index (κ3) is 2.42. The van der Waals surface area contributed by atoms with Crippen molar-refractivity contribution in [3.8, 4) is 0 Å². The lowest BCUT2D eigenvalue weighted by atomic mass is 9.82. The number of ether oxygens (including phenoxy) is 2. The summed E-state index contributed by atoms with van der Waals surface area (Å²) in [6.45, 7) is 9.33. The maximum Gasteiger partial charge on any atom is 0.486 e. The molecule has 0 bridgehead atoms. The Morgan fingerprint density at radius 2 is 1.64 bits per heavy atom. The standard InChI is InChI=1S/C10H18F2O2/c1-6(2)7-8(9(3,4)5)14-10(11,12)13-7/h6-8H,1-5H3. The summed E-state index contributed by atoms with van der Waals surface area (Å²) in [6, 6.07) is 0. The van der Waals surface area contributed by atoms with Crippen molar-refractivity contribution in [2.24, 2.45) is 11.3 Å². The molecule has 2 atom stereocenters. The van der Waals surface area contributed by atoms with Crippen LogP contribution >= 0.6 is 0 Å². The quantitative estimate of drug-likeness (QED) is 0.659. The van der Waals surface area contributed by atoms with E-state index in [-0.39, 0.29) is 11.3 Å². The highest BCUT2D eigenvalue weighted by molar-refractivity contribution is 4.88. The van der Waals surface area contributed by atoms with Crippen LogP contribution in [-0.4, -0.2) is 18.5 Å². The van der Waals surface area contributed by atoms with Gasteiger partial charge in [-0.3, -0.25) is 9.47 Å². The Kier molecular flexibility index (Phi) is 2.89. The molecule has 1 rings (SSSR count). The zero-order valence-electron chi connectivity index (χ0n) is 9.30. The maximum atomic E-state index is 12.9. The van der Waals surface area contributed by atoms with Crippen LogP contribution in [0.1, 0.15) is 34.6 Å². The number of hydrogen-bond acceptors (Lipinski definition) is 2. The molecule has 84 valence electrons. The Morgan fingerprint density at radius 3 is 1.93 bits per heavy atom. The second-order valence-electron chi connectivity index (χ2n) is 5.19. The van der Waals surface area contributed by atoms with Gasteiger partial charge in [0.2, 0.25) is 0 Å². The van der Waals surface area contributed by atoms with Crippen molar-refractivity contribution in [3.05, 3.63) is 0 Å². The molecule has 1 heterocycles. The zero-order valence-corrected chi connectivity index (χ0v) is 9.30. The van der Waals surface area contributed by atoms with E-state index >= 15 is 0 Å². The van der Waals surface area contributed by atoms with Gasteiger partial charge < -0.3 is 0 Å². The Balaban J connectivity index is 2.83. The predicted molar refractivity (Wildman–Crippen MR) is 49.0 cm³/mol. The van der Waals surface area contributed by atoms with E-state index in [0.717, 1.165) is 0 Å². The van der Waals surface area contributed by atoms with Crippen molar-refractivity contribution >= 4 is 0 Å². The Morgan fingerprint density at radius 1 is 1.14 bits per heavy atom. The van der Waals surface area contributed by atoms with E-state index < -0.39 is 18.5 Å². The molecule has 0 amide bonds. The van der Waals surface area contributed by atoms with Crippen LogP contribution in [0.25, 0.3) is 0 Å².